The number of aliphatic carboxylic acids is 1. The zero-order valence-corrected chi connectivity index (χ0v) is 6.87. The maximum Gasteiger partial charge on any atom is 0.305 e. The molecule has 0 aliphatic heterocycles. The molecule has 1 unspecified atom stereocenters. The molecule has 0 saturated carbocycles. The van der Waals surface area contributed by atoms with Gasteiger partial charge in [0.25, 0.3) is 0 Å². The largest absolute Gasteiger partial charge is 0.481 e. The van der Waals surface area contributed by atoms with Crippen LogP contribution in [0.4, 0.5) is 0 Å². The van der Waals surface area contributed by atoms with Crippen molar-refractivity contribution in [1.29, 1.82) is 0 Å². The molecule has 0 fully saturated rings. The maximum atomic E-state index is 10.0. The topological polar surface area (TPSA) is 55.8 Å². The van der Waals surface area contributed by atoms with Gasteiger partial charge in [0.1, 0.15) is 0 Å². The highest BCUT2D eigenvalue weighted by Crippen LogP contribution is 1.98. The van der Waals surface area contributed by atoms with Crippen LogP contribution in [0.3, 0.4) is 0 Å². The van der Waals surface area contributed by atoms with Gasteiger partial charge in [-0.1, -0.05) is 6.92 Å². The summed E-state index contributed by atoms with van der Waals surface area (Å²) in [6.07, 6.45) is 0.491. The molecule has 1 atom stereocenters. The van der Waals surface area contributed by atoms with Crippen molar-refractivity contribution < 1.29 is 19.4 Å². The second-order valence-corrected chi connectivity index (χ2v) is 2.09. The Bertz CT molecular complexity index is 109. The molecule has 0 heterocycles. The molecule has 0 aromatic heterocycles. The summed E-state index contributed by atoms with van der Waals surface area (Å²) in [4.78, 5) is 10.0. The molecule has 1 N–H and O–H groups in total. The smallest absolute Gasteiger partial charge is 0.305 e. The van der Waals surface area contributed by atoms with E-state index in [0.717, 1.165) is 6.42 Å². The van der Waals surface area contributed by atoms with Crippen LogP contribution in [-0.2, 0) is 14.3 Å². The minimum atomic E-state index is -0.851. The van der Waals surface area contributed by atoms with Gasteiger partial charge in [-0.25, -0.2) is 0 Å². The molecule has 4 nitrogen and oxygen atoms in total. The second-order valence-electron chi connectivity index (χ2n) is 2.09. The first-order valence-corrected chi connectivity index (χ1v) is 3.56. The zero-order valence-electron chi connectivity index (χ0n) is 6.87. The van der Waals surface area contributed by atoms with Crippen LogP contribution in [0.1, 0.15) is 19.8 Å². The van der Waals surface area contributed by atoms with Crippen molar-refractivity contribution in [3.05, 3.63) is 0 Å². The quantitative estimate of drug-likeness (QED) is 0.588. The molecule has 0 rings (SSSR count). The molecule has 66 valence electrons. The predicted molar refractivity (Wildman–Crippen MR) is 39.3 cm³/mol. The van der Waals surface area contributed by atoms with Gasteiger partial charge in [0.15, 0.2) is 6.29 Å². The Morgan fingerprint density at radius 2 is 2.27 bits per heavy atom. The third-order valence-electron chi connectivity index (χ3n) is 1.22. The van der Waals surface area contributed by atoms with Gasteiger partial charge >= 0.3 is 5.97 Å². The molecule has 4 heteroatoms. The highest BCUT2D eigenvalue weighted by Gasteiger charge is 2.04. The maximum absolute atomic E-state index is 10.0. The van der Waals surface area contributed by atoms with Gasteiger partial charge in [-0.3, -0.25) is 4.79 Å². The monoisotopic (exact) mass is 162 g/mol. The lowest BCUT2D eigenvalue weighted by molar-refractivity contribution is -0.146. The summed E-state index contributed by atoms with van der Waals surface area (Å²) in [6, 6.07) is 0. The van der Waals surface area contributed by atoms with E-state index < -0.39 is 5.97 Å². The first kappa shape index (κ1) is 10.4. The summed E-state index contributed by atoms with van der Waals surface area (Å²) in [5, 5.41) is 8.25. The van der Waals surface area contributed by atoms with Gasteiger partial charge < -0.3 is 14.6 Å². The Balaban J connectivity index is 3.28. The average molecular weight is 162 g/mol. The predicted octanol–water partition coefficient (Wildman–Crippen LogP) is 0.860. The van der Waals surface area contributed by atoms with Gasteiger partial charge in [-0.2, -0.15) is 0 Å². The molecule has 0 aromatic carbocycles. The first-order chi connectivity index (χ1) is 5.20. The number of methoxy groups -OCH3 is 1. The van der Waals surface area contributed by atoms with Gasteiger partial charge in [-0.05, 0) is 6.42 Å². The number of carboxylic acid groups (broad SMARTS) is 1. The second kappa shape index (κ2) is 6.12. The van der Waals surface area contributed by atoms with E-state index in [1.807, 2.05) is 6.92 Å². The van der Waals surface area contributed by atoms with Crippen molar-refractivity contribution >= 4 is 5.97 Å². The summed E-state index contributed by atoms with van der Waals surface area (Å²) < 4.78 is 9.91. The van der Waals surface area contributed by atoms with Crippen LogP contribution in [-0.4, -0.2) is 31.1 Å². The van der Waals surface area contributed by atoms with E-state index in [1.54, 1.807) is 0 Å². The van der Waals surface area contributed by atoms with E-state index in [-0.39, 0.29) is 19.3 Å². The fourth-order valence-electron chi connectivity index (χ4n) is 0.630. The number of rotatable bonds is 6. The van der Waals surface area contributed by atoms with Crippen LogP contribution in [0.15, 0.2) is 0 Å². The van der Waals surface area contributed by atoms with Crippen LogP contribution >= 0.6 is 0 Å². The summed E-state index contributed by atoms with van der Waals surface area (Å²) in [5.41, 5.74) is 0. The average Bonchev–Trinajstić information content (AvgIpc) is 1.98. The highest BCUT2D eigenvalue weighted by atomic mass is 16.7. The summed E-state index contributed by atoms with van der Waals surface area (Å²) in [5.74, 6) is -0.851. The van der Waals surface area contributed by atoms with E-state index in [2.05, 4.69) is 0 Å². The Kier molecular flexibility index (Phi) is 5.78. The molecule has 0 radical (unpaired) electrons. The van der Waals surface area contributed by atoms with Crippen molar-refractivity contribution in [3.8, 4) is 0 Å². The van der Waals surface area contributed by atoms with Crippen LogP contribution in [0.5, 0.6) is 0 Å². The van der Waals surface area contributed by atoms with Crippen molar-refractivity contribution in [3.63, 3.8) is 0 Å². The third kappa shape index (κ3) is 5.82. The number of carboxylic acids is 1. The van der Waals surface area contributed by atoms with Crippen molar-refractivity contribution in [2.45, 2.75) is 26.1 Å². The molecule has 0 saturated heterocycles. The zero-order chi connectivity index (χ0) is 8.69. The Hall–Kier alpha value is -0.610. The summed E-state index contributed by atoms with van der Waals surface area (Å²) in [7, 11) is 1.54. The molecule has 0 amide bonds. The lowest BCUT2D eigenvalue weighted by atomic mass is 10.4. The molecule has 0 spiro atoms. The third-order valence-corrected chi connectivity index (χ3v) is 1.22. The standard InChI is InChI=1S/C7H14O4/c1-3-7(10-2)11-5-4-6(8)9/h7H,3-5H2,1-2H3,(H,8,9). The Labute approximate surface area is 66.1 Å². The van der Waals surface area contributed by atoms with E-state index in [4.69, 9.17) is 14.6 Å². The van der Waals surface area contributed by atoms with E-state index in [1.165, 1.54) is 7.11 Å². The Morgan fingerprint density at radius 1 is 1.64 bits per heavy atom. The molecule has 0 aliphatic carbocycles. The molecular weight excluding hydrogens is 148 g/mol. The van der Waals surface area contributed by atoms with Crippen molar-refractivity contribution in [2.24, 2.45) is 0 Å². The number of ether oxygens (including phenoxy) is 2. The lowest BCUT2D eigenvalue weighted by Crippen LogP contribution is -2.16. The normalized spacial score (nSPS) is 12.9. The minimum Gasteiger partial charge on any atom is -0.481 e. The van der Waals surface area contributed by atoms with Crippen molar-refractivity contribution in [1.82, 2.24) is 0 Å². The molecule has 0 aromatic rings. The SMILES string of the molecule is CCC(OC)OCCC(=O)O. The fraction of sp³-hybridized carbons (Fsp3) is 0.857. The summed E-state index contributed by atoms with van der Waals surface area (Å²) >= 11 is 0. The van der Waals surface area contributed by atoms with E-state index in [9.17, 15) is 4.79 Å². The van der Waals surface area contributed by atoms with Crippen LogP contribution in [0, 0.1) is 0 Å². The van der Waals surface area contributed by atoms with E-state index in [0.29, 0.717) is 0 Å². The van der Waals surface area contributed by atoms with Gasteiger partial charge in [-0.15, -0.1) is 0 Å². The highest BCUT2D eigenvalue weighted by molar-refractivity contribution is 5.66. The summed E-state index contributed by atoms with van der Waals surface area (Å²) in [6.45, 7) is 2.12. The fourth-order valence-corrected chi connectivity index (χ4v) is 0.630. The molecule has 11 heavy (non-hydrogen) atoms. The van der Waals surface area contributed by atoms with Gasteiger partial charge in [0, 0.05) is 7.11 Å². The number of hydrogen-bond donors (Lipinski definition) is 1. The van der Waals surface area contributed by atoms with E-state index >= 15 is 0 Å². The molecule has 0 aliphatic rings. The van der Waals surface area contributed by atoms with Gasteiger partial charge in [0.2, 0.25) is 0 Å². The molecular formula is C7H14O4. The lowest BCUT2D eigenvalue weighted by Gasteiger charge is -2.12. The van der Waals surface area contributed by atoms with Gasteiger partial charge in [0.05, 0.1) is 13.0 Å². The molecule has 0 bridgehead atoms. The van der Waals surface area contributed by atoms with Crippen LogP contribution < -0.4 is 0 Å². The first-order valence-electron chi connectivity index (χ1n) is 3.56. The number of carbonyl (C=O) groups is 1. The Morgan fingerprint density at radius 3 is 2.64 bits per heavy atom. The number of hydrogen-bond acceptors (Lipinski definition) is 3. The minimum absolute atomic E-state index is 0.0276. The van der Waals surface area contributed by atoms with Crippen LogP contribution in [0.25, 0.3) is 0 Å². The van der Waals surface area contributed by atoms with Crippen LogP contribution in [0.2, 0.25) is 0 Å². The van der Waals surface area contributed by atoms with Crippen molar-refractivity contribution in [2.75, 3.05) is 13.7 Å².